The van der Waals surface area contributed by atoms with E-state index in [1.54, 1.807) is 0 Å². The number of nitrogens with zero attached hydrogens (tertiary/aromatic N) is 2. The standard InChI is InChI=1S/C16H26N2/c1-17-11-3-5-15-7-9-16(10-8-15)6-4-12-18(2)14-13-17/h7-10H,3-6,11-14H2,1-2H3. The van der Waals surface area contributed by atoms with Crippen molar-refractivity contribution in [2.75, 3.05) is 40.3 Å². The molecule has 18 heavy (non-hydrogen) atoms. The molecular weight excluding hydrogens is 220 g/mol. The molecule has 0 saturated carbocycles. The molecule has 0 saturated heterocycles. The second-order valence-corrected chi connectivity index (χ2v) is 5.63. The minimum atomic E-state index is 1.19. The summed E-state index contributed by atoms with van der Waals surface area (Å²) in [6.45, 7) is 4.79. The molecule has 0 aromatic heterocycles. The molecule has 0 atom stereocenters. The van der Waals surface area contributed by atoms with Gasteiger partial charge in [0.25, 0.3) is 0 Å². The van der Waals surface area contributed by atoms with Crippen LogP contribution in [0.4, 0.5) is 0 Å². The summed E-state index contributed by atoms with van der Waals surface area (Å²) in [4.78, 5) is 4.91. The van der Waals surface area contributed by atoms with Gasteiger partial charge in [0.2, 0.25) is 0 Å². The van der Waals surface area contributed by atoms with Crippen LogP contribution in [0.3, 0.4) is 0 Å². The zero-order chi connectivity index (χ0) is 12.8. The van der Waals surface area contributed by atoms with E-state index in [1.165, 1.54) is 63.0 Å². The van der Waals surface area contributed by atoms with E-state index < -0.39 is 0 Å². The molecule has 0 unspecified atom stereocenters. The van der Waals surface area contributed by atoms with Crippen molar-refractivity contribution in [3.05, 3.63) is 35.4 Å². The monoisotopic (exact) mass is 246 g/mol. The zero-order valence-corrected chi connectivity index (χ0v) is 11.9. The summed E-state index contributed by atoms with van der Waals surface area (Å²) in [6.07, 6.45) is 4.94. The van der Waals surface area contributed by atoms with Gasteiger partial charge in [-0.25, -0.2) is 0 Å². The van der Waals surface area contributed by atoms with Crippen LogP contribution in [-0.2, 0) is 12.8 Å². The van der Waals surface area contributed by atoms with Gasteiger partial charge in [-0.15, -0.1) is 0 Å². The SMILES string of the molecule is CN1CCCc2ccc(cc2)CCCN(C)CC1. The van der Waals surface area contributed by atoms with Crippen LogP contribution in [0.1, 0.15) is 24.0 Å². The van der Waals surface area contributed by atoms with Crippen molar-refractivity contribution in [3.63, 3.8) is 0 Å². The van der Waals surface area contributed by atoms with Crippen molar-refractivity contribution in [3.8, 4) is 0 Å². The van der Waals surface area contributed by atoms with Crippen LogP contribution in [0.25, 0.3) is 0 Å². The van der Waals surface area contributed by atoms with Crippen LogP contribution >= 0.6 is 0 Å². The maximum absolute atomic E-state index is 2.45. The van der Waals surface area contributed by atoms with Crippen molar-refractivity contribution in [2.24, 2.45) is 0 Å². The molecule has 2 heterocycles. The third-order valence-electron chi connectivity index (χ3n) is 3.90. The number of likely N-dealkylation sites (N-methyl/N-ethyl adjacent to an activating group) is 2. The lowest BCUT2D eigenvalue weighted by molar-refractivity contribution is 0.253. The minimum Gasteiger partial charge on any atom is -0.305 e. The van der Waals surface area contributed by atoms with E-state index >= 15 is 0 Å². The molecule has 2 nitrogen and oxygen atoms in total. The van der Waals surface area contributed by atoms with Crippen LogP contribution in [0.2, 0.25) is 0 Å². The smallest absolute Gasteiger partial charge is 0.0106 e. The van der Waals surface area contributed by atoms with Gasteiger partial charge < -0.3 is 9.80 Å². The third kappa shape index (κ3) is 4.43. The van der Waals surface area contributed by atoms with E-state index in [-0.39, 0.29) is 0 Å². The lowest BCUT2D eigenvalue weighted by Gasteiger charge is -2.22. The van der Waals surface area contributed by atoms with Crippen molar-refractivity contribution in [2.45, 2.75) is 25.7 Å². The normalized spacial score (nSPS) is 20.8. The molecule has 1 aromatic carbocycles. The lowest BCUT2D eigenvalue weighted by Crippen LogP contribution is -2.32. The summed E-state index contributed by atoms with van der Waals surface area (Å²) in [5.41, 5.74) is 2.97. The summed E-state index contributed by atoms with van der Waals surface area (Å²) < 4.78 is 0. The Hall–Kier alpha value is -0.860. The molecule has 100 valence electrons. The van der Waals surface area contributed by atoms with Gasteiger partial charge in [-0.05, 0) is 64.0 Å². The van der Waals surface area contributed by atoms with E-state index in [4.69, 9.17) is 0 Å². The molecule has 0 aliphatic carbocycles. The van der Waals surface area contributed by atoms with E-state index in [9.17, 15) is 0 Å². The van der Waals surface area contributed by atoms with Gasteiger partial charge in [-0.1, -0.05) is 24.3 Å². The van der Waals surface area contributed by atoms with E-state index in [0.29, 0.717) is 0 Å². The van der Waals surface area contributed by atoms with Crippen LogP contribution in [0.5, 0.6) is 0 Å². The van der Waals surface area contributed by atoms with Crippen molar-refractivity contribution in [1.82, 2.24) is 9.80 Å². The number of benzene rings is 1. The van der Waals surface area contributed by atoms with E-state index in [2.05, 4.69) is 48.2 Å². The summed E-state index contributed by atoms with van der Waals surface area (Å²) in [5, 5.41) is 0. The molecule has 0 radical (unpaired) electrons. The highest BCUT2D eigenvalue weighted by Crippen LogP contribution is 2.10. The first-order valence-corrected chi connectivity index (χ1v) is 7.19. The number of fused-ring (bicyclic) bond motifs is 11. The van der Waals surface area contributed by atoms with Crippen molar-refractivity contribution in [1.29, 1.82) is 0 Å². The number of hydrogen-bond acceptors (Lipinski definition) is 2. The van der Waals surface area contributed by atoms with Crippen molar-refractivity contribution < 1.29 is 0 Å². The minimum absolute atomic E-state index is 1.19. The first-order valence-electron chi connectivity index (χ1n) is 7.19. The molecule has 2 aliphatic heterocycles. The second-order valence-electron chi connectivity index (χ2n) is 5.63. The molecule has 3 rings (SSSR count). The van der Waals surface area contributed by atoms with Crippen LogP contribution in [0.15, 0.2) is 24.3 Å². The molecular formula is C16H26N2. The summed E-state index contributed by atoms with van der Waals surface area (Å²) >= 11 is 0. The fourth-order valence-corrected chi connectivity index (χ4v) is 2.54. The molecule has 2 heteroatoms. The first kappa shape index (κ1) is 13.6. The Morgan fingerprint density at radius 2 is 1.06 bits per heavy atom. The van der Waals surface area contributed by atoms with Gasteiger partial charge in [-0.3, -0.25) is 0 Å². The Balaban J connectivity index is 1.98. The van der Waals surface area contributed by atoms with Gasteiger partial charge >= 0.3 is 0 Å². The van der Waals surface area contributed by atoms with Gasteiger partial charge in [0.15, 0.2) is 0 Å². The zero-order valence-electron chi connectivity index (χ0n) is 11.9. The predicted octanol–water partition coefficient (Wildman–Crippen LogP) is 2.43. The molecule has 0 fully saturated rings. The largest absolute Gasteiger partial charge is 0.305 e. The fraction of sp³-hybridized carbons (Fsp3) is 0.625. The highest BCUT2D eigenvalue weighted by Gasteiger charge is 2.04. The van der Waals surface area contributed by atoms with Gasteiger partial charge in [0.1, 0.15) is 0 Å². The van der Waals surface area contributed by atoms with Gasteiger partial charge in [-0.2, -0.15) is 0 Å². The first-order chi connectivity index (χ1) is 8.74. The molecule has 0 spiro atoms. The summed E-state index contributed by atoms with van der Waals surface area (Å²) in [5.74, 6) is 0. The molecule has 0 N–H and O–H groups in total. The number of rotatable bonds is 0. The van der Waals surface area contributed by atoms with Crippen molar-refractivity contribution >= 4 is 0 Å². The Kier molecular flexibility index (Phi) is 5.21. The Morgan fingerprint density at radius 1 is 0.667 bits per heavy atom. The predicted molar refractivity (Wildman–Crippen MR) is 78.1 cm³/mol. The molecule has 2 aliphatic rings. The Bertz CT molecular complexity index is 310. The van der Waals surface area contributed by atoms with Gasteiger partial charge in [0.05, 0.1) is 0 Å². The quantitative estimate of drug-likeness (QED) is 0.694. The molecule has 1 aromatic rings. The van der Waals surface area contributed by atoms with Crippen LogP contribution in [-0.4, -0.2) is 50.1 Å². The van der Waals surface area contributed by atoms with E-state index in [0.717, 1.165) is 0 Å². The maximum Gasteiger partial charge on any atom is 0.0106 e. The highest BCUT2D eigenvalue weighted by molar-refractivity contribution is 5.22. The van der Waals surface area contributed by atoms with Gasteiger partial charge in [0, 0.05) is 13.1 Å². The summed E-state index contributed by atoms with van der Waals surface area (Å²) in [6, 6.07) is 9.24. The highest BCUT2D eigenvalue weighted by atomic mass is 15.2. The Labute approximate surface area is 112 Å². The second kappa shape index (κ2) is 6.91. The topological polar surface area (TPSA) is 6.48 Å². The van der Waals surface area contributed by atoms with E-state index in [1.807, 2.05) is 0 Å². The number of aryl methyl sites for hydroxylation is 2. The van der Waals surface area contributed by atoms with Crippen LogP contribution in [0, 0.1) is 0 Å². The third-order valence-corrected chi connectivity index (χ3v) is 3.90. The van der Waals surface area contributed by atoms with Crippen LogP contribution < -0.4 is 0 Å². The lowest BCUT2D eigenvalue weighted by atomic mass is 10.0. The summed E-state index contributed by atoms with van der Waals surface area (Å²) in [7, 11) is 4.48. The fourth-order valence-electron chi connectivity index (χ4n) is 2.54. The average molecular weight is 246 g/mol. The Morgan fingerprint density at radius 3 is 1.44 bits per heavy atom. The molecule has 0 amide bonds. The molecule has 2 bridgehead atoms. The average Bonchev–Trinajstić information content (AvgIpc) is 2.38. The maximum atomic E-state index is 2.45. The number of hydrogen-bond donors (Lipinski definition) is 0.